The quantitative estimate of drug-likeness (QED) is 0.594. The highest BCUT2D eigenvalue weighted by molar-refractivity contribution is 5.96. The van der Waals surface area contributed by atoms with Crippen LogP contribution in [0.3, 0.4) is 0 Å². The van der Waals surface area contributed by atoms with Gasteiger partial charge >= 0.3 is 24.0 Å². The van der Waals surface area contributed by atoms with Crippen LogP contribution in [-0.2, 0) is 14.4 Å². The second kappa shape index (κ2) is 6.06. The summed E-state index contributed by atoms with van der Waals surface area (Å²) >= 11 is 0. The van der Waals surface area contributed by atoms with Crippen molar-refractivity contribution in [3.8, 4) is 0 Å². The van der Waals surface area contributed by atoms with Crippen molar-refractivity contribution in [2.75, 3.05) is 6.61 Å². The number of nitrogens with zero attached hydrogens (tertiary/aromatic N) is 1. The third-order valence-corrected chi connectivity index (χ3v) is 3.18. The first-order valence-electron chi connectivity index (χ1n) is 6.49. The van der Waals surface area contributed by atoms with Gasteiger partial charge in [-0.25, -0.2) is 4.79 Å². The lowest BCUT2D eigenvalue weighted by atomic mass is 10.1. The van der Waals surface area contributed by atoms with E-state index in [1.165, 1.54) is 18.2 Å². The lowest BCUT2D eigenvalue weighted by Crippen LogP contribution is -2.73. The van der Waals surface area contributed by atoms with Crippen LogP contribution >= 0.6 is 0 Å². The van der Waals surface area contributed by atoms with Crippen LogP contribution in [0.5, 0.6) is 0 Å². The van der Waals surface area contributed by atoms with Gasteiger partial charge in [0.05, 0.1) is 12.2 Å². The highest BCUT2D eigenvalue weighted by Crippen LogP contribution is 2.50. The van der Waals surface area contributed by atoms with Gasteiger partial charge in [0.1, 0.15) is 0 Å². The van der Waals surface area contributed by atoms with Crippen LogP contribution in [0, 0.1) is 0 Å². The zero-order valence-electron chi connectivity index (χ0n) is 12.1. The molecule has 0 spiro atoms. The van der Waals surface area contributed by atoms with Crippen molar-refractivity contribution in [1.29, 1.82) is 0 Å². The first-order chi connectivity index (χ1) is 11.4. The minimum absolute atomic E-state index is 0.371. The summed E-state index contributed by atoms with van der Waals surface area (Å²) < 4.78 is 83.3. The average molecular weight is 369 g/mol. The Hall–Kier alpha value is -2.56. The molecule has 1 aliphatic rings. The van der Waals surface area contributed by atoms with Gasteiger partial charge in [0, 0.05) is 5.57 Å². The number of alkyl halides is 6. The third-order valence-electron chi connectivity index (χ3n) is 3.18. The number of hydrogen-bond acceptors (Lipinski definition) is 4. The summed E-state index contributed by atoms with van der Waals surface area (Å²) in [6.07, 6.45) is -12.3. The maximum atomic E-state index is 13.2. The second-order valence-electron chi connectivity index (χ2n) is 4.88. The molecular weight excluding hydrogens is 360 g/mol. The summed E-state index contributed by atoms with van der Waals surface area (Å²) in [5.41, 5.74) is -6.25. The zero-order valence-corrected chi connectivity index (χ0v) is 12.1. The SMILES string of the molecule is C=C1COC(C(F)(F)F)(C(F)(F)F)N(OC(=O)c2ccccc2)C1=O. The summed E-state index contributed by atoms with van der Waals surface area (Å²) in [4.78, 5) is 27.9. The minimum atomic E-state index is -6.14. The number of rotatable bonds is 2. The van der Waals surface area contributed by atoms with Crippen LogP contribution in [-0.4, -0.2) is 41.6 Å². The molecule has 1 heterocycles. The molecule has 0 radical (unpaired) electrons. The fourth-order valence-electron chi connectivity index (χ4n) is 1.97. The van der Waals surface area contributed by atoms with Crippen molar-refractivity contribution >= 4 is 11.9 Å². The van der Waals surface area contributed by atoms with Crippen molar-refractivity contribution in [2.45, 2.75) is 18.1 Å². The van der Waals surface area contributed by atoms with Gasteiger partial charge in [0.2, 0.25) is 0 Å². The molecule has 1 aliphatic heterocycles. The molecule has 5 nitrogen and oxygen atoms in total. The number of ether oxygens (including phenoxy) is 1. The molecule has 0 aliphatic carbocycles. The fraction of sp³-hybridized carbons (Fsp3) is 0.286. The molecule has 1 aromatic carbocycles. The molecule has 2 rings (SSSR count). The van der Waals surface area contributed by atoms with Crippen LogP contribution in [0.4, 0.5) is 26.3 Å². The Morgan fingerprint density at radius 3 is 2.12 bits per heavy atom. The summed E-state index contributed by atoms with van der Waals surface area (Å²) in [6, 6.07) is 6.20. The van der Waals surface area contributed by atoms with Crippen LogP contribution in [0.1, 0.15) is 10.4 Å². The maximum absolute atomic E-state index is 13.2. The summed E-state index contributed by atoms with van der Waals surface area (Å²) in [5, 5.41) is -1.16. The van der Waals surface area contributed by atoms with Gasteiger partial charge in [-0.1, -0.05) is 24.8 Å². The Labute approximate surface area is 136 Å². The van der Waals surface area contributed by atoms with Crippen LogP contribution < -0.4 is 0 Å². The predicted octanol–water partition coefficient (Wildman–Crippen LogP) is 2.99. The zero-order chi connectivity index (χ0) is 19.0. The first kappa shape index (κ1) is 18.8. The number of halogens is 6. The molecule has 1 aromatic rings. The number of carbonyl (C=O) groups is 2. The van der Waals surface area contributed by atoms with Crippen molar-refractivity contribution in [1.82, 2.24) is 5.06 Å². The molecule has 0 unspecified atom stereocenters. The van der Waals surface area contributed by atoms with Gasteiger partial charge in [-0.3, -0.25) is 4.79 Å². The predicted molar refractivity (Wildman–Crippen MR) is 68.6 cm³/mol. The minimum Gasteiger partial charge on any atom is -0.333 e. The number of hydroxylamine groups is 2. The van der Waals surface area contributed by atoms with Crippen LogP contribution in [0.2, 0.25) is 0 Å². The lowest BCUT2D eigenvalue weighted by Gasteiger charge is -2.45. The summed E-state index contributed by atoms with van der Waals surface area (Å²) in [6.45, 7) is 1.68. The van der Waals surface area contributed by atoms with Gasteiger partial charge in [-0.05, 0) is 12.1 Å². The van der Waals surface area contributed by atoms with E-state index < -0.39 is 47.2 Å². The van der Waals surface area contributed by atoms with Crippen molar-refractivity contribution in [3.63, 3.8) is 0 Å². The van der Waals surface area contributed by atoms with E-state index in [1.807, 2.05) is 0 Å². The standard InChI is InChI=1S/C14H9F6NO4/c1-8-7-24-12(13(15,16)17,14(18,19)20)21(10(8)22)25-11(23)9-5-3-2-4-6-9/h2-6H,1,7H2. The Kier molecular flexibility index (Phi) is 4.55. The molecule has 1 saturated heterocycles. The van der Waals surface area contributed by atoms with E-state index in [-0.39, 0.29) is 5.56 Å². The molecule has 0 atom stereocenters. The van der Waals surface area contributed by atoms with Crippen LogP contribution in [0.25, 0.3) is 0 Å². The van der Waals surface area contributed by atoms with Crippen molar-refractivity contribution < 1.29 is 45.5 Å². The Balaban J connectivity index is 2.52. The fourth-order valence-corrected chi connectivity index (χ4v) is 1.97. The van der Waals surface area contributed by atoms with Gasteiger partial charge in [0.25, 0.3) is 5.91 Å². The second-order valence-corrected chi connectivity index (χ2v) is 4.88. The maximum Gasteiger partial charge on any atom is 0.449 e. The summed E-state index contributed by atoms with van der Waals surface area (Å²) in [7, 11) is 0. The monoisotopic (exact) mass is 369 g/mol. The van der Waals surface area contributed by atoms with E-state index >= 15 is 0 Å². The Morgan fingerprint density at radius 2 is 1.64 bits per heavy atom. The normalized spacial score (nSPS) is 18.2. The van der Waals surface area contributed by atoms with Gasteiger partial charge < -0.3 is 9.57 Å². The molecule has 0 N–H and O–H groups in total. The molecular formula is C14H9F6NO4. The third kappa shape index (κ3) is 3.06. The molecule has 0 aromatic heterocycles. The molecule has 0 bridgehead atoms. The van der Waals surface area contributed by atoms with E-state index in [9.17, 15) is 35.9 Å². The average Bonchev–Trinajstić information content (AvgIpc) is 2.50. The number of amides is 1. The highest BCUT2D eigenvalue weighted by Gasteiger charge is 2.80. The number of hydrogen-bond donors (Lipinski definition) is 0. The summed E-state index contributed by atoms with van der Waals surface area (Å²) in [5.74, 6) is -3.48. The lowest BCUT2D eigenvalue weighted by molar-refractivity contribution is -0.459. The van der Waals surface area contributed by atoms with Crippen molar-refractivity contribution in [3.05, 3.63) is 48.0 Å². The smallest absolute Gasteiger partial charge is 0.333 e. The van der Waals surface area contributed by atoms with Crippen LogP contribution in [0.15, 0.2) is 42.5 Å². The topological polar surface area (TPSA) is 55.8 Å². The highest BCUT2D eigenvalue weighted by atomic mass is 19.4. The van der Waals surface area contributed by atoms with E-state index in [0.29, 0.717) is 0 Å². The molecule has 136 valence electrons. The first-order valence-corrected chi connectivity index (χ1v) is 6.49. The Bertz CT molecular complexity index is 684. The van der Waals surface area contributed by atoms with Gasteiger partial charge in [-0.15, -0.1) is 5.06 Å². The molecule has 0 saturated carbocycles. The molecule has 1 fully saturated rings. The largest absolute Gasteiger partial charge is 0.449 e. The molecule has 25 heavy (non-hydrogen) atoms. The van der Waals surface area contributed by atoms with E-state index in [2.05, 4.69) is 16.2 Å². The number of carbonyl (C=O) groups excluding carboxylic acids is 2. The number of benzene rings is 1. The molecule has 11 heteroatoms. The van der Waals surface area contributed by atoms with Gasteiger partial charge in [-0.2, -0.15) is 26.3 Å². The Morgan fingerprint density at radius 1 is 1.12 bits per heavy atom. The van der Waals surface area contributed by atoms with Crippen molar-refractivity contribution in [2.24, 2.45) is 0 Å². The van der Waals surface area contributed by atoms with Gasteiger partial charge in [0.15, 0.2) is 0 Å². The van der Waals surface area contributed by atoms with E-state index in [0.717, 1.165) is 12.1 Å². The van der Waals surface area contributed by atoms with E-state index in [1.54, 1.807) is 0 Å². The van der Waals surface area contributed by atoms with E-state index in [4.69, 9.17) is 0 Å². The molecule has 1 amide bonds.